The highest BCUT2D eigenvalue weighted by Crippen LogP contribution is 2.52. The maximum atomic E-state index is 14.0. The van der Waals surface area contributed by atoms with Crippen molar-refractivity contribution in [2.45, 2.75) is 55.8 Å². The molecule has 31 heavy (non-hydrogen) atoms. The molecule has 0 unspecified atom stereocenters. The first-order valence-electron chi connectivity index (χ1n) is 11.0. The summed E-state index contributed by atoms with van der Waals surface area (Å²) in [5.74, 6) is 1.58. The van der Waals surface area contributed by atoms with Gasteiger partial charge in [0.2, 0.25) is 0 Å². The first-order chi connectivity index (χ1) is 14.8. The molecule has 1 N–H and O–H groups in total. The average molecular weight is 449 g/mol. The summed E-state index contributed by atoms with van der Waals surface area (Å²) in [6.45, 7) is 6.54. The summed E-state index contributed by atoms with van der Waals surface area (Å²) in [7, 11) is 0. The van der Waals surface area contributed by atoms with Gasteiger partial charge in [-0.2, -0.15) is 13.2 Å². The zero-order valence-electron chi connectivity index (χ0n) is 17.8. The fourth-order valence-electron chi connectivity index (χ4n) is 5.24. The number of hydrogen-bond acceptors (Lipinski definition) is 4. The summed E-state index contributed by atoms with van der Waals surface area (Å²) in [5, 5.41) is 3.49. The smallest absolute Gasteiger partial charge is 0.417 e. The van der Waals surface area contributed by atoms with Gasteiger partial charge in [-0.25, -0.2) is 0 Å². The second-order valence-corrected chi connectivity index (χ2v) is 9.98. The van der Waals surface area contributed by atoms with Gasteiger partial charge in [-0.3, -0.25) is 0 Å². The third-order valence-electron chi connectivity index (χ3n) is 6.42. The van der Waals surface area contributed by atoms with Gasteiger partial charge in [0.1, 0.15) is 5.75 Å². The summed E-state index contributed by atoms with van der Waals surface area (Å²) in [6, 6.07) is 8.81. The van der Waals surface area contributed by atoms with Crippen LogP contribution in [0, 0.1) is 0 Å². The lowest BCUT2D eigenvalue weighted by molar-refractivity contribution is -0.137. The van der Waals surface area contributed by atoms with Crippen molar-refractivity contribution >= 4 is 17.4 Å². The largest absolute Gasteiger partial charge is 0.491 e. The molecule has 2 aromatic carbocycles. The Hall–Kier alpha value is -1.86. The Labute approximate surface area is 185 Å². The number of thioether (sulfide) groups is 1. The fraction of sp³-hybridized carbons (Fsp3) is 0.500. The summed E-state index contributed by atoms with van der Waals surface area (Å²) in [6.07, 6.45) is -2.46. The number of nitrogens with one attached hydrogen (secondary N) is 1. The van der Waals surface area contributed by atoms with E-state index >= 15 is 0 Å². The summed E-state index contributed by atoms with van der Waals surface area (Å²) < 4.78 is 47.7. The molecule has 1 fully saturated rings. The predicted molar refractivity (Wildman–Crippen MR) is 119 cm³/mol. The molecule has 2 aromatic rings. The van der Waals surface area contributed by atoms with Gasteiger partial charge in [0.15, 0.2) is 0 Å². The van der Waals surface area contributed by atoms with Crippen LogP contribution in [0.3, 0.4) is 0 Å². The number of hydrogen-bond donors (Lipinski definition) is 1. The van der Waals surface area contributed by atoms with E-state index in [-0.39, 0.29) is 17.4 Å². The SMILES string of the molecule is CC(C)Oc1ccc(-c2cc3c4c(c2)[C@@H]2CNCC[C@@H]2N4CCCS3)c(C(F)(F)F)c1. The Bertz CT molecular complexity index is 992. The van der Waals surface area contributed by atoms with Crippen LogP contribution >= 0.6 is 11.8 Å². The molecule has 0 saturated carbocycles. The number of fused-ring (bicyclic) bond motifs is 3. The van der Waals surface area contributed by atoms with Crippen LogP contribution < -0.4 is 15.0 Å². The van der Waals surface area contributed by atoms with E-state index in [2.05, 4.69) is 10.2 Å². The van der Waals surface area contributed by atoms with Gasteiger partial charge in [0.25, 0.3) is 0 Å². The number of benzene rings is 2. The molecule has 1 saturated heterocycles. The first kappa shape index (κ1) is 21.0. The van der Waals surface area contributed by atoms with Crippen molar-refractivity contribution in [1.29, 1.82) is 0 Å². The van der Waals surface area contributed by atoms with Crippen molar-refractivity contribution in [2.24, 2.45) is 0 Å². The molecular weight excluding hydrogens is 421 g/mol. The summed E-state index contributed by atoms with van der Waals surface area (Å²) in [4.78, 5) is 3.65. The minimum absolute atomic E-state index is 0.182. The Balaban J connectivity index is 1.65. The second-order valence-electron chi connectivity index (χ2n) is 8.85. The minimum Gasteiger partial charge on any atom is -0.491 e. The van der Waals surface area contributed by atoms with Gasteiger partial charge < -0.3 is 15.0 Å². The zero-order valence-corrected chi connectivity index (χ0v) is 18.6. The Kier molecular flexibility index (Phi) is 5.37. The maximum absolute atomic E-state index is 14.0. The zero-order chi connectivity index (χ0) is 21.8. The lowest BCUT2D eigenvalue weighted by Gasteiger charge is -2.33. The molecule has 3 aliphatic heterocycles. The number of halogens is 3. The summed E-state index contributed by atoms with van der Waals surface area (Å²) in [5.41, 5.74) is 2.71. The molecule has 3 nitrogen and oxygen atoms in total. The normalized spacial score (nSPS) is 22.8. The van der Waals surface area contributed by atoms with E-state index in [1.807, 2.05) is 26.0 Å². The Morgan fingerprint density at radius 2 is 2.03 bits per heavy atom. The highest BCUT2D eigenvalue weighted by Gasteiger charge is 2.42. The molecule has 0 bridgehead atoms. The minimum atomic E-state index is -4.45. The standard InChI is InChI=1S/C24H27F3N2OS/c1-14(2)30-16-4-5-17(20(12-16)24(25,26)27)15-10-18-19-13-28-7-6-21(19)29-8-3-9-31-22(11-15)23(18)29/h4-5,10-12,14,19,21,28H,3,6-9,13H2,1-2H3/t19-,21-/m0/s1. The number of rotatable bonds is 3. The van der Waals surface area contributed by atoms with Crippen molar-refractivity contribution < 1.29 is 17.9 Å². The van der Waals surface area contributed by atoms with Crippen LogP contribution in [0.25, 0.3) is 11.1 Å². The molecule has 0 aliphatic carbocycles. The van der Waals surface area contributed by atoms with Crippen LogP contribution in [0.1, 0.15) is 43.7 Å². The molecule has 7 heteroatoms. The fourth-order valence-corrected chi connectivity index (χ4v) is 6.31. The highest BCUT2D eigenvalue weighted by atomic mass is 32.2. The van der Waals surface area contributed by atoms with Crippen LogP contribution in [0.15, 0.2) is 35.2 Å². The van der Waals surface area contributed by atoms with Crippen molar-refractivity contribution in [3.63, 3.8) is 0 Å². The van der Waals surface area contributed by atoms with E-state index in [9.17, 15) is 13.2 Å². The van der Waals surface area contributed by atoms with E-state index in [4.69, 9.17) is 4.74 Å². The van der Waals surface area contributed by atoms with Gasteiger partial charge >= 0.3 is 6.18 Å². The molecule has 0 aromatic heterocycles. The average Bonchev–Trinajstić information content (AvgIpc) is 2.88. The quantitative estimate of drug-likeness (QED) is 0.630. The van der Waals surface area contributed by atoms with Crippen LogP contribution in [0.4, 0.5) is 18.9 Å². The number of anilines is 1. The Morgan fingerprint density at radius 1 is 1.19 bits per heavy atom. The van der Waals surface area contributed by atoms with Gasteiger partial charge in [-0.1, -0.05) is 6.07 Å². The number of ether oxygens (including phenoxy) is 1. The second kappa shape index (κ2) is 7.93. The van der Waals surface area contributed by atoms with Crippen molar-refractivity contribution in [2.75, 3.05) is 30.3 Å². The van der Waals surface area contributed by atoms with E-state index < -0.39 is 11.7 Å². The van der Waals surface area contributed by atoms with E-state index in [0.717, 1.165) is 49.2 Å². The van der Waals surface area contributed by atoms with Crippen molar-refractivity contribution in [3.05, 3.63) is 41.5 Å². The van der Waals surface area contributed by atoms with Gasteiger partial charge in [0.05, 0.1) is 17.4 Å². The highest BCUT2D eigenvalue weighted by molar-refractivity contribution is 7.99. The molecule has 0 spiro atoms. The Morgan fingerprint density at radius 3 is 2.81 bits per heavy atom. The molecule has 5 rings (SSSR count). The van der Waals surface area contributed by atoms with E-state index in [1.54, 1.807) is 23.9 Å². The van der Waals surface area contributed by atoms with Gasteiger partial charge in [-0.15, -0.1) is 11.8 Å². The van der Waals surface area contributed by atoms with Crippen molar-refractivity contribution in [3.8, 4) is 16.9 Å². The van der Waals surface area contributed by atoms with E-state index in [0.29, 0.717) is 17.5 Å². The van der Waals surface area contributed by atoms with Crippen LogP contribution in [0.2, 0.25) is 0 Å². The molecular formula is C24H27F3N2OS. The number of nitrogens with zero attached hydrogens (tertiary/aromatic N) is 1. The predicted octanol–water partition coefficient (Wildman–Crippen LogP) is 5.92. The van der Waals surface area contributed by atoms with Crippen molar-refractivity contribution in [1.82, 2.24) is 5.32 Å². The summed E-state index contributed by atoms with van der Waals surface area (Å²) >= 11 is 1.78. The monoisotopic (exact) mass is 448 g/mol. The lowest BCUT2D eigenvalue weighted by atomic mass is 9.88. The van der Waals surface area contributed by atoms with Gasteiger partial charge in [-0.05, 0) is 79.9 Å². The molecule has 0 amide bonds. The maximum Gasteiger partial charge on any atom is 0.417 e. The first-order valence-corrected chi connectivity index (χ1v) is 12.0. The topological polar surface area (TPSA) is 24.5 Å². The third-order valence-corrected chi connectivity index (χ3v) is 7.53. The van der Waals surface area contributed by atoms with Gasteiger partial charge in [0, 0.05) is 29.9 Å². The number of alkyl halides is 3. The van der Waals surface area contributed by atoms with Crippen LogP contribution in [-0.2, 0) is 6.18 Å². The molecule has 166 valence electrons. The van der Waals surface area contributed by atoms with Crippen LogP contribution in [-0.4, -0.2) is 37.5 Å². The molecule has 3 heterocycles. The molecule has 2 atom stereocenters. The van der Waals surface area contributed by atoms with E-state index in [1.165, 1.54) is 11.3 Å². The lowest BCUT2D eigenvalue weighted by Crippen LogP contribution is -2.44. The third kappa shape index (κ3) is 3.80. The van der Waals surface area contributed by atoms with Crippen LogP contribution in [0.5, 0.6) is 5.75 Å². The molecule has 0 radical (unpaired) electrons. The number of piperidine rings is 1. The molecule has 3 aliphatic rings.